The average molecular weight is 488 g/mol. The Morgan fingerprint density at radius 1 is 1.03 bits per heavy atom. The molecule has 0 bridgehead atoms. The van der Waals surface area contributed by atoms with Crippen LogP contribution in [0.25, 0.3) is 0 Å². The fraction of sp³-hybridized carbons (Fsp3) is 0.462. The molecule has 2 amide bonds. The zero-order valence-corrected chi connectivity index (χ0v) is 21.7. The van der Waals surface area contributed by atoms with Gasteiger partial charge in [0.05, 0.1) is 11.9 Å². The van der Waals surface area contributed by atoms with Gasteiger partial charge in [0.2, 0.25) is 21.8 Å². The van der Waals surface area contributed by atoms with E-state index in [0.717, 1.165) is 23.1 Å². The molecule has 8 heteroatoms. The number of nitrogens with one attached hydrogen (secondary N) is 1. The van der Waals surface area contributed by atoms with Crippen LogP contribution in [0.1, 0.15) is 49.8 Å². The van der Waals surface area contributed by atoms with Crippen molar-refractivity contribution in [2.45, 2.75) is 59.5 Å². The standard InChI is InChI=1S/C26H37N3O4S/c1-6-15-27-26(31)22(4)28(19-23-12-7-10-20(2)17-23)25(30)14-9-16-29(34(5,32)33)24-13-8-11-21(3)18-24/h7-8,10-13,17-18,22H,6,9,14-16,19H2,1-5H3,(H,27,31)/t22-/m0/s1. The average Bonchev–Trinajstić information content (AvgIpc) is 2.77. The molecule has 2 rings (SSSR count). The topological polar surface area (TPSA) is 86.8 Å². The van der Waals surface area contributed by atoms with E-state index in [1.165, 1.54) is 10.6 Å². The zero-order chi connectivity index (χ0) is 25.3. The van der Waals surface area contributed by atoms with E-state index in [2.05, 4.69) is 5.32 Å². The Morgan fingerprint density at radius 2 is 1.68 bits per heavy atom. The smallest absolute Gasteiger partial charge is 0.242 e. The van der Waals surface area contributed by atoms with Gasteiger partial charge in [-0.15, -0.1) is 0 Å². The maximum Gasteiger partial charge on any atom is 0.242 e. The third kappa shape index (κ3) is 8.17. The van der Waals surface area contributed by atoms with Gasteiger partial charge < -0.3 is 10.2 Å². The molecular weight excluding hydrogens is 450 g/mol. The van der Waals surface area contributed by atoms with Gasteiger partial charge in [-0.25, -0.2) is 8.42 Å². The summed E-state index contributed by atoms with van der Waals surface area (Å²) in [5.41, 5.74) is 3.56. The second-order valence-electron chi connectivity index (χ2n) is 8.76. The van der Waals surface area contributed by atoms with Gasteiger partial charge in [0.15, 0.2) is 0 Å². The van der Waals surface area contributed by atoms with Crippen molar-refractivity contribution in [2.75, 3.05) is 23.7 Å². The zero-order valence-electron chi connectivity index (χ0n) is 20.9. The summed E-state index contributed by atoms with van der Waals surface area (Å²) in [7, 11) is -3.50. The number of amides is 2. The van der Waals surface area contributed by atoms with E-state index in [-0.39, 0.29) is 24.8 Å². The molecule has 0 fully saturated rings. The predicted molar refractivity (Wildman–Crippen MR) is 137 cm³/mol. The number of hydrogen-bond donors (Lipinski definition) is 1. The number of aryl methyl sites for hydroxylation is 2. The van der Waals surface area contributed by atoms with Crippen molar-refractivity contribution >= 4 is 27.5 Å². The second-order valence-corrected chi connectivity index (χ2v) is 10.7. The molecule has 0 unspecified atom stereocenters. The van der Waals surface area contributed by atoms with E-state index in [0.29, 0.717) is 25.2 Å². The largest absolute Gasteiger partial charge is 0.354 e. The Hall–Kier alpha value is -2.87. The van der Waals surface area contributed by atoms with Crippen molar-refractivity contribution in [3.63, 3.8) is 0 Å². The fourth-order valence-electron chi connectivity index (χ4n) is 3.77. The van der Waals surface area contributed by atoms with Crippen molar-refractivity contribution in [2.24, 2.45) is 0 Å². The molecule has 2 aromatic rings. The van der Waals surface area contributed by atoms with E-state index < -0.39 is 16.1 Å². The second kappa shape index (κ2) is 12.6. The lowest BCUT2D eigenvalue weighted by molar-refractivity contribution is -0.140. The first kappa shape index (κ1) is 27.4. The summed E-state index contributed by atoms with van der Waals surface area (Å²) in [5.74, 6) is -0.376. The minimum atomic E-state index is -3.50. The van der Waals surface area contributed by atoms with Gasteiger partial charge in [-0.3, -0.25) is 13.9 Å². The van der Waals surface area contributed by atoms with Crippen LogP contribution in [-0.4, -0.2) is 50.5 Å². The SMILES string of the molecule is CCCNC(=O)[C@H](C)N(Cc1cccc(C)c1)C(=O)CCCN(c1cccc(C)c1)S(C)(=O)=O. The van der Waals surface area contributed by atoms with Crippen molar-refractivity contribution < 1.29 is 18.0 Å². The molecule has 0 saturated heterocycles. The number of hydrogen-bond acceptors (Lipinski definition) is 4. The fourth-order valence-corrected chi connectivity index (χ4v) is 4.73. The number of carbonyl (C=O) groups is 2. The number of benzene rings is 2. The molecule has 0 aromatic heterocycles. The van der Waals surface area contributed by atoms with Crippen molar-refractivity contribution in [3.05, 3.63) is 65.2 Å². The molecule has 186 valence electrons. The van der Waals surface area contributed by atoms with Crippen molar-refractivity contribution in [3.8, 4) is 0 Å². The van der Waals surface area contributed by atoms with E-state index in [4.69, 9.17) is 0 Å². The minimum absolute atomic E-state index is 0.134. The molecule has 0 aliphatic heterocycles. The number of anilines is 1. The van der Waals surface area contributed by atoms with Crippen LogP contribution < -0.4 is 9.62 Å². The highest BCUT2D eigenvalue weighted by Crippen LogP contribution is 2.20. The molecule has 1 atom stereocenters. The molecule has 0 spiro atoms. The van der Waals surface area contributed by atoms with E-state index in [9.17, 15) is 18.0 Å². The third-order valence-electron chi connectivity index (χ3n) is 5.59. The van der Waals surface area contributed by atoms with Crippen LogP contribution >= 0.6 is 0 Å². The Balaban J connectivity index is 2.15. The van der Waals surface area contributed by atoms with Crippen LogP contribution in [-0.2, 0) is 26.2 Å². The Morgan fingerprint density at radius 3 is 2.26 bits per heavy atom. The molecule has 34 heavy (non-hydrogen) atoms. The van der Waals surface area contributed by atoms with Gasteiger partial charge in [-0.05, 0) is 56.9 Å². The summed E-state index contributed by atoms with van der Waals surface area (Å²) in [6.45, 7) is 8.64. The van der Waals surface area contributed by atoms with Gasteiger partial charge in [-0.2, -0.15) is 0 Å². The summed E-state index contributed by atoms with van der Waals surface area (Å²) < 4.78 is 26.1. The van der Waals surface area contributed by atoms with E-state index >= 15 is 0 Å². The van der Waals surface area contributed by atoms with Crippen LogP contribution in [0.2, 0.25) is 0 Å². The van der Waals surface area contributed by atoms with Crippen molar-refractivity contribution in [1.82, 2.24) is 10.2 Å². The van der Waals surface area contributed by atoms with Gasteiger partial charge >= 0.3 is 0 Å². The monoisotopic (exact) mass is 487 g/mol. The lowest BCUT2D eigenvalue weighted by atomic mass is 10.1. The maximum atomic E-state index is 13.3. The summed E-state index contributed by atoms with van der Waals surface area (Å²) >= 11 is 0. The number of nitrogens with zero attached hydrogens (tertiary/aromatic N) is 2. The summed E-state index contributed by atoms with van der Waals surface area (Å²) in [4.78, 5) is 27.5. The number of sulfonamides is 1. The molecule has 0 aliphatic rings. The van der Waals surface area contributed by atoms with Gasteiger partial charge in [-0.1, -0.05) is 48.9 Å². The summed E-state index contributed by atoms with van der Waals surface area (Å²) in [6, 6.07) is 14.5. The first-order valence-electron chi connectivity index (χ1n) is 11.7. The van der Waals surface area contributed by atoms with Crippen LogP contribution in [0.4, 0.5) is 5.69 Å². The van der Waals surface area contributed by atoms with Crippen molar-refractivity contribution in [1.29, 1.82) is 0 Å². The van der Waals surface area contributed by atoms with E-state index in [1.807, 2.05) is 63.2 Å². The quantitative estimate of drug-likeness (QED) is 0.493. The molecule has 0 heterocycles. The first-order chi connectivity index (χ1) is 16.0. The molecule has 0 saturated carbocycles. The minimum Gasteiger partial charge on any atom is -0.354 e. The van der Waals surface area contributed by atoms with Crippen LogP contribution in [0.15, 0.2) is 48.5 Å². The van der Waals surface area contributed by atoms with Gasteiger partial charge in [0.1, 0.15) is 6.04 Å². The Labute approximate surface area is 204 Å². The molecule has 1 N–H and O–H groups in total. The first-order valence-corrected chi connectivity index (χ1v) is 13.5. The third-order valence-corrected chi connectivity index (χ3v) is 6.79. The number of rotatable bonds is 12. The lowest BCUT2D eigenvalue weighted by Gasteiger charge is -2.29. The molecule has 0 radical (unpaired) electrons. The van der Waals surface area contributed by atoms with Gasteiger partial charge in [0, 0.05) is 26.1 Å². The Kier molecular flexibility index (Phi) is 10.1. The number of carbonyl (C=O) groups excluding carboxylic acids is 2. The highest BCUT2D eigenvalue weighted by molar-refractivity contribution is 7.92. The molecular formula is C26H37N3O4S. The summed E-state index contributed by atoms with van der Waals surface area (Å²) in [5, 5.41) is 2.87. The summed E-state index contributed by atoms with van der Waals surface area (Å²) in [6.07, 6.45) is 2.45. The highest BCUT2D eigenvalue weighted by atomic mass is 32.2. The van der Waals surface area contributed by atoms with Crippen LogP contribution in [0.5, 0.6) is 0 Å². The normalized spacial score (nSPS) is 12.1. The highest BCUT2D eigenvalue weighted by Gasteiger charge is 2.26. The van der Waals surface area contributed by atoms with Crippen LogP contribution in [0.3, 0.4) is 0 Å². The molecule has 2 aromatic carbocycles. The molecule has 0 aliphatic carbocycles. The van der Waals surface area contributed by atoms with Gasteiger partial charge in [0.25, 0.3) is 0 Å². The maximum absolute atomic E-state index is 13.3. The van der Waals surface area contributed by atoms with E-state index in [1.54, 1.807) is 17.9 Å². The van der Waals surface area contributed by atoms with Crippen LogP contribution in [0, 0.1) is 13.8 Å². The molecule has 7 nitrogen and oxygen atoms in total. The Bertz CT molecular complexity index is 1080. The predicted octanol–water partition coefficient (Wildman–Crippen LogP) is 3.79. The lowest BCUT2D eigenvalue weighted by Crippen LogP contribution is -2.47.